The molecule has 1 fully saturated rings. The number of carboxylic acids is 1. The molecule has 0 bridgehead atoms. The summed E-state index contributed by atoms with van der Waals surface area (Å²) in [6, 6.07) is 0.528. The fraction of sp³-hybridized carbons (Fsp3) is 0.818. The molecule has 3 nitrogen and oxygen atoms in total. The minimum Gasteiger partial charge on any atom is -0.477 e. The van der Waals surface area contributed by atoms with Gasteiger partial charge < -0.3 is 5.11 Å². The zero-order valence-electron chi connectivity index (χ0n) is 8.70. The third-order valence-corrected chi connectivity index (χ3v) is 3.62. The summed E-state index contributed by atoms with van der Waals surface area (Å²) in [6.45, 7) is 2.29. The normalized spacial score (nSPS) is 31.8. The van der Waals surface area contributed by atoms with Crippen molar-refractivity contribution < 1.29 is 14.5 Å². The van der Waals surface area contributed by atoms with Crippen LogP contribution in [0.15, 0.2) is 0 Å². The summed E-state index contributed by atoms with van der Waals surface area (Å²) < 4.78 is 2.12. The fourth-order valence-corrected chi connectivity index (χ4v) is 3.01. The molecule has 1 saturated carbocycles. The van der Waals surface area contributed by atoms with E-state index in [9.17, 15) is 4.79 Å². The summed E-state index contributed by atoms with van der Waals surface area (Å²) in [6.07, 6.45) is 6.20. The maximum Gasteiger partial charge on any atom is 0.369 e. The molecule has 14 heavy (non-hydrogen) atoms. The summed E-state index contributed by atoms with van der Waals surface area (Å²) in [5, 5.41) is 8.83. The molecule has 0 spiro atoms. The molecule has 0 amide bonds. The second-order valence-electron chi connectivity index (χ2n) is 4.57. The van der Waals surface area contributed by atoms with Crippen LogP contribution in [0.2, 0.25) is 0 Å². The van der Waals surface area contributed by atoms with E-state index in [0.717, 1.165) is 12.3 Å². The lowest BCUT2D eigenvalue weighted by Gasteiger charge is -2.22. The first-order valence-corrected chi connectivity index (χ1v) is 5.49. The van der Waals surface area contributed by atoms with Gasteiger partial charge in [0.2, 0.25) is 6.54 Å². The van der Waals surface area contributed by atoms with Gasteiger partial charge in [-0.2, -0.15) is 0 Å². The lowest BCUT2D eigenvalue weighted by Crippen LogP contribution is -2.34. The Bertz CT molecular complexity index is 283. The van der Waals surface area contributed by atoms with E-state index < -0.39 is 5.97 Å². The highest BCUT2D eigenvalue weighted by atomic mass is 16.4. The molecular formula is C11H18NO2+. The van der Waals surface area contributed by atoms with Crippen molar-refractivity contribution in [3.63, 3.8) is 0 Å². The predicted molar refractivity (Wildman–Crippen MR) is 53.8 cm³/mol. The Morgan fingerprint density at radius 2 is 2.21 bits per heavy atom. The molecule has 0 aromatic rings. The van der Waals surface area contributed by atoms with E-state index in [1.54, 1.807) is 0 Å². The van der Waals surface area contributed by atoms with Crippen molar-refractivity contribution in [3.05, 3.63) is 0 Å². The van der Waals surface area contributed by atoms with Gasteiger partial charge in [0, 0.05) is 25.7 Å². The zero-order chi connectivity index (χ0) is 10.1. The largest absolute Gasteiger partial charge is 0.477 e. The van der Waals surface area contributed by atoms with Crippen molar-refractivity contribution in [1.82, 2.24) is 0 Å². The topological polar surface area (TPSA) is 40.3 Å². The SMILES string of the molecule is CC1=[N+](CC(=O)O)C2CCCCC2C1. The first-order chi connectivity index (χ1) is 6.68. The maximum absolute atomic E-state index is 10.7. The number of hydrogen-bond donors (Lipinski definition) is 1. The van der Waals surface area contributed by atoms with Gasteiger partial charge >= 0.3 is 5.97 Å². The Morgan fingerprint density at radius 3 is 2.93 bits per heavy atom. The molecule has 2 rings (SSSR count). The zero-order valence-corrected chi connectivity index (χ0v) is 8.70. The van der Waals surface area contributed by atoms with Crippen LogP contribution in [0.1, 0.15) is 39.0 Å². The summed E-state index contributed by atoms with van der Waals surface area (Å²) >= 11 is 0. The van der Waals surface area contributed by atoms with Crippen molar-refractivity contribution >= 4 is 11.7 Å². The molecule has 1 N–H and O–H groups in total. The van der Waals surface area contributed by atoms with E-state index in [1.807, 2.05) is 0 Å². The summed E-state index contributed by atoms with van der Waals surface area (Å²) in [7, 11) is 0. The summed E-state index contributed by atoms with van der Waals surface area (Å²) in [5.41, 5.74) is 1.28. The lowest BCUT2D eigenvalue weighted by atomic mass is 9.84. The molecule has 1 aliphatic heterocycles. The number of carboxylic acid groups (broad SMARTS) is 1. The average molecular weight is 196 g/mol. The standard InChI is InChI=1S/C11H17NO2/c1-8-6-9-4-2-3-5-10(9)12(8)7-11(13)14/h9-10H,2-7H2,1H3/p+1. The van der Waals surface area contributed by atoms with Crippen LogP contribution < -0.4 is 0 Å². The molecule has 78 valence electrons. The van der Waals surface area contributed by atoms with Crippen molar-refractivity contribution in [2.75, 3.05) is 6.54 Å². The average Bonchev–Trinajstić information content (AvgIpc) is 2.43. The Balaban J connectivity index is 2.12. The highest BCUT2D eigenvalue weighted by Gasteiger charge is 2.41. The molecule has 3 heteroatoms. The highest BCUT2D eigenvalue weighted by Crippen LogP contribution is 2.33. The third kappa shape index (κ3) is 1.68. The first kappa shape index (κ1) is 9.69. The van der Waals surface area contributed by atoms with Gasteiger partial charge in [-0.1, -0.05) is 6.42 Å². The van der Waals surface area contributed by atoms with E-state index in [1.165, 1.54) is 31.4 Å². The van der Waals surface area contributed by atoms with Crippen LogP contribution in [0.4, 0.5) is 0 Å². The molecule has 1 aliphatic carbocycles. The summed E-state index contributed by atoms with van der Waals surface area (Å²) in [4.78, 5) is 10.7. The molecule has 2 atom stereocenters. The minimum atomic E-state index is -0.699. The minimum absolute atomic E-state index is 0.201. The third-order valence-electron chi connectivity index (χ3n) is 3.62. The van der Waals surface area contributed by atoms with Crippen molar-refractivity contribution in [2.45, 2.75) is 45.1 Å². The van der Waals surface area contributed by atoms with E-state index in [2.05, 4.69) is 11.5 Å². The molecular weight excluding hydrogens is 178 g/mol. The molecule has 2 aliphatic rings. The number of hydrogen-bond acceptors (Lipinski definition) is 1. The lowest BCUT2D eigenvalue weighted by molar-refractivity contribution is -0.558. The Kier molecular flexibility index (Phi) is 2.57. The fourth-order valence-electron chi connectivity index (χ4n) is 3.01. The number of nitrogens with zero attached hydrogens (tertiary/aromatic N) is 1. The number of fused-ring (bicyclic) bond motifs is 1. The molecule has 0 aromatic heterocycles. The van der Waals surface area contributed by atoms with Crippen LogP contribution >= 0.6 is 0 Å². The smallest absolute Gasteiger partial charge is 0.369 e. The molecule has 0 radical (unpaired) electrons. The second-order valence-corrected chi connectivity index (χ2v) is 4.57. The van der Waals surface area contributed by atoms with E-state index in [-0.39, 0.29) is 6.54 Å². The Labute approximate surface area is 84.4 Å². The van der Waals surface area contributed by atoms with Crippen molar-refractivity contribution in [3.8, 4) is 0 Å². The van der Waals surface area contributed by atoms with Gasteiger partial charge in [0.15, 0.2) is 11.8 Å². The monoisotopic (exact) mass is 196 g/mol. The number of rotatable bonds is 2. The second kappa shape index (κ2) is 3.71. The van der Waals surface area contributed by atoms with Crippen LogP contribution in [-0.2, 0) is 4.79 Å². The molecule has 0 saturated heterocycles. The van der Waals surface area contributed by atoms with Crippen LogP contribution in [-0.4, -0.2) is 33.9 Å². The van der Waals surface area contributed by atoms with Gasteiger partial charge in [0.05, 0.1) is 0 Å². The van der Waals surface area contributed by atoms with Gasteiger partial charge in [-0.3, -0.25) is 0 Å². The Morgan fingerprint density at radius 1 is 1.50 bits per heavy atom. The van der Waals surface area contributed by atoms with Crippen LogP contribution in [0.5, 0.6) is 0 Å². The van der Waals surface area contributed by atoms with E-state index in [4.69, 9.17) is 5.11 Å². The van der Waals surface area contributed by atoms with Gasteiger partial charge in [0.1, 0.15) is 0 Å². The summed E-state index contributed by atoms with van der Waals surface area (Å²) in [5.74, 6) is 0.0404. The van der Waals surface area contributed by atoms with E-state index >= 15 is 0 Å². The predicted octanol–water partition coefficient (Wildman–Crippen LogP) is 1.51. The van der Waals surface area contributed by atoms with Crippen molar-refractivity contribution in [2.24, 2.45) is 5.92 Å². The maximum atomic E-state index is 10.7. The molecule has 0 aromatic carbocycles. The van der Waals surface area contributed by atoms with Crippen LogP contribution in [0.3, 0.4) is 0 Å². The Hall–Kier alpha value is -0.860. The first-order valence-electron chi connectivity index (χ1n) is 5.49. The van der Waals surface area contributed by atoms with Gasteiger partial charge in [-0.25, -0.2) is 9.37 Å². The highest BCUT2D eigenvalue weighted by molar-refractivity contribution is 5.80. The van der Waals surface area contributed by atoms with Gasteiger partial charge in [0.25, 0.3) is 0 Å². The molecule has 2 unspecified atom stereocenters. The van der Waals surface area contributed by atoms with Crippen LogP contribution in [0, 0.1) is 5.92 Å². The van der Waals surface area contributed by atoms with Crippen molar-refractivity contribution in [1.29, 1.82) is 0 Å². The number of carbonyl (C=O) groups is 1. The quantitative estimate of drug-likeness (QED) is 0.680. The van der Waals surface area contributed by atoms with Gasteiger partial charge in [-0.05, 0) is 12.8 Å². The van der Waals surface area contributed by atoms with Crippen LogP contribution in [0.25, 0.3) is 0 Å². The van der Waals surface area contributed by atoms with E-state index in [0.29, 0.717) is 6.04 Å². The molecule has 1 heterocycles. The number of aliphatic carboxylic acids is 1. The van der Waals surface area contributed by atoms with Gasteiger partial charge in [-0.15, -0.1) is 0 Å².